The van der Waals surface area contributed by atoms with E-state index in [9.17, 15) is 9.90 Å². The molecule has 2 aromatic carbocycles. The number of rotatable bonds is 4. The molecule has 0 fully saturated rings. The van der Waals surface area contributed by atoms with Crippen LogP contribution in [0, 0.1) is 0 Å². The van der Waals surface area contributed by atoms with E-state index in [4.69, 9.17) is 10.5 Å². The molecule has 0 aliphatic rings. The third-order valence-electron chi connectivity index (χ3n) is 3.21. The van der Waals surface area contributed by atoms with E-state index < -0.39 is 5.97 Å². The molecule has 106 valence electrons. The topological polar surface area (TPSA) is 72.6 Å². The summed E-state index contributed by atoms with van der Waals surface area (Å²) in [5.41, 5.74) is 7.26. The van der Waals surface area contributed by atoms with E-state index in [1.165, 1.54) is 10.8 Å². The molecule has 0 aliphatic carbocycles. The second-order valence-electron chi connectivity index (χ2n) is 4.57. The molecule has 0 unspecified atom stereocenters. The first kappa shape index (κ1) is 13.5. The molecule has 4 nitrogen and oxygen atoms in total. The summed E-state index contributed by atoms with van der Waals surface area (Å²) >= 11 is 1.64. The number of carbonyl (C=O) groups is 1. The molecule has 1 heterocycles. The van der Waals surface area contributed by atoms with E-state index >= 15 is 0 Å². The molecule has 3 rings (SSSR count). The molecule has 0 saturated carbocycles. The van der Waals surface area contributed by atoms with Gasteiger partial charge < -0.3 is 15.6 Å². The molecule has 3 N–H and O–H groups in total. The lowest BCUT2D eigenvalue weighted by molar-refractivity contribution is 0.0692. The molecule has 1 aromatic heterocycles. The Morgan fingerprint density at radius 1 is 1.19 bits per heavy atom. The maximum atomic E-state index is 11.2. The average Bonchev–Trinajstić information content (AvgIpc) is 2.89. The van der Waals surface area contributed by atoms with Gasteiger partial charge in [-0.3, -0.25) is 0 Å². The fraction of sp³-hybridized carbons (Fsp3) is 0.0625. The van der Waals surface area contributed by atoms with Crippen LogP contribution in [0.15, 0.2) is 47.8 Å². The summed E-state index contributed by atoms with van der Waals surface area (Å²) in [6.45, 7) is 0.290. The summed E-state index contributed by atoms with van der Waals surface area (Å²) in [4.78, 5) is 11.2. The van der Waals surface area contributed by atoms with Crippen LogP contribution >= 0.6 is 11.3 Å². The van der Waals surface area contributed by atoms with E-state index in [0.717, 1.165) is 10.9 Å². The van der Waals surface area contributed by atoms with Crippen molar-refractivity contribution in [2.24, 2.45) is 0 Å². The van der Waals surface area contributed by atoms with Crippen LogP contribution in [0.1, 0.15) is 15.9 Å². The van der Waals surface area contributed by atoms with Gasteiger partial charge in [-0.25, -0.2) is 4.79 Å². The quantitative estimate of drug-likeness (QED) is 0.719. The summed E-state index contributed by atoms with van der Waals surface area (Å²) in [5.74, 6) is -0.826. The van der Waals surface area contributed by atoms with Crippen LogP contribution in [0.25, 0.3) is 10.1 Å². The van der Waals surface area contributed by atoms with Crippen LogP contribution < -0.4 is 10.5 Å². The summed E-state index contributed by atoms with van der Waals surface area (Å²) < 4.78 is 6.86. The maximum absolute atomic E-state index is 11.2. The average molecular weight is 299 g/mol. The molecule has 0 bridgehead atoms. The highest BCUT2D eigenvalue weighted by Crippen LogP contribution is 2.30. The third kappa shape index (κ3) is 2.55. The van der Waals surface area contributed by atoms with Gasteiger partial charge in [-0.05, 0) is 29.0 Å². The number of carboxylic acid groups (broad SMARTS) is 1. The standard InChI is InChI=1S/C16H13NO3S/c17-13-6-3-5-12(16(18)19)15(13)20-8-10-9-21-14-7-2-1-4-11(10)14/h1-7,9H,8,17H2,(H,18,19). The summed E-state index contributed by atoms with van der Waals surface area (Å²) in [7, 11) is 0. The lowest BCUT2D eigenvalue weighted by Crippen LogP contribution is -2.05. The minimum absolute atomic E-state index is 0.0783. The highest BCUT2D eigenvalue weighted by atomic mass is 32.1. The van der Waals surface area contributed by atoms with Gasteiger partial charge in [0, 0.05) is 10.3 Å². The lowest BCUT2D eigenvalue weighted by atomic mass is 10.1. The van der Waals surface area contributed by atoms with Gasteiger partial charge in [0.25, 0.3) is 0 Å². The number of hydrogen-bond acceptors (Lipinski definition) is 4. The minimum atomic E-state index is -1.05. The molecular weight excluding hydrogens is 286 g/mol. The van der Waals surface area contributed by atoms with Crippen LogP contribution in [0.3, 0.4) is 0 Å². The number of ether oxygens (including phenoxy) is 1. The Kier molecular flexibility index (Phi) is 3.50. The van der Waals surface area contributed by atoms with E-state index in [2.05, 4.69) is 0 Å². The molecule has 3 aromatic rings. The van der Waals surface area contributed by atoms with E-state index in [-0.39, 0.29) is 11.3 Å². The molecule has 0 amide bonds. The lowest BCUT2D eigenvalue weighted by Gasteiger charge is -2.11. The van der Waals surface area contributed by atoms with Gasteiger partial charge >= 0.3 is 5.97 Å². The Balaban J connectivity index is 1.90. The normalized spacial score (nSPS) is 10.7. The number of thiophene rings is 1. The Bertz CT molecular complexity index is 810. The van der Waals surface area contributed by atoms with E-state index in [1.54, 1.807) is 23.5 Å². The second kappa shape index (κ2) is 5.46. The van der Waals surface area contributed by atoms with Gasteiger partial charge in [-0.1, -0.05) is 24.3 Å². The van der Waals surface area contributed by atoms with Crippen LogP contribution in [0.5, 0.6) is 5.75 Å². The number of fused-ring (bicyclic) bond motifs is 1. The van der Waals surface area contributed by atoms with Crippen molar-refractivity contribution in [2.75, 3.05) is 5.73 Å². The smallest absolute Gasteiger partial charge is 0.339 e. The highest BCUT2D eigenvalue weighted by Gasteiger charge is 2.14. The van der Waals surface area contributed by atoms with Crippen molar-refractivity contribution in [3.63, 3.8) is 0 Å². The molecular formula is C16H13NO3S. The molecule has 0 radical (unpaired) electrons. The first-order valence-corrected chi connectivity index (χ1v) is 7.24. The van der Waals surface area contributed by atoms with Gasteiger partial charge in [-0.2, -0.15) is 0 Å². The van der Waals surface area contributed by atoms with Gasteiger partial charge in [0.15, 0.2) is 5.75 Å². The number of nitrogen functional groups attached to an aromatic ring is 1. The zero-order valence-electron chi connectivity index (χ0n) is 11.1. The maximum Gasteiger partial charge on any atom is 0.339 e. The summed E-state index contributed by atoms with van der Waals surface area (Å²) in [6, 6.07) is 12.7. The molecule has 5 heteroatoms. The fourth-order valence-corrected chi connectivity index (χ4v) is 3.13. The van der Waals surface area contributed by atoms with Gasteiger partial charge in [-0.15, -0.1) is 11.3 Å². The minimum Gasteiger partial charge on any atom is -0.486 e. The molecule has 0 spiro atoms. The number of hydrogen-bond donors (Lipinski definition) is 2. The number of nitrogens with two attached hydrogens (primary N) is 1. The van der Waals surface area contributed by atoms with E-state index in [0.29, 0.717) is 12.3 Å². The first-order chi connectivity index (χ1) is 10.2. The van der Waals surface area contributed by atoms with Gasteiger partial charge in [0.05, 0.1) is 5.69 Å². The molecule has 21 heavy (non-hydrogen) atoms. The third-order valence-corrected chi connectivity index (χ3v) is 4.22. The number of carboxylic acids is 1. The zero-order chi connectivity index (χ0) is 14.8. The van der Waals surface area contributed by atoms with Crippen molar-refractivity contribution >= 4 is 33.1 Å². The van der Waals surface area contributed by atoms with Crippen LogP contribution in [-0.4, -0.2) is 11.1 Å². The van der Waals surface area contributed by atoms with Crippen molar-refractivity contribution < 1.29 is 14.6 Å². The Labute approximate surface area is 125 Å². The van der Waals surface area contributed by atoms with E-state index in [1.807, 2.05) is 29.6 Å². The summed E-state index contributed by atoms with van der Waals surface area (Å²) in [5, 5.41) is 12.3. The van der Waals surface area contributed by atoms with Crippen molar-refractivity contribution in [1.29, 1.82) is 0 Å². The second-order valence-corrected chi connectivity index (χ2v) is 5.49. The van der Waals surface area contributed by atoms with Crippen LogP contribution in [0.4, 0.5) is 5.69 Å². The fourth-order valence-electron chi connectivity index (χ4n) is 2.18. The molecule has 0 saturated heterocycles. The van der Waals surface area contributed by atoms with Gasteiger partial charge in [0.1, 0.15) is 12.2 Å². The Morgan fingerprint density at radius 2 is 2.00 bits per heavy atom. The monoisotopic (exact) mass is 299 g/mol. The van der Waals surface area contributed by atoms with Gasteiger partial charge in [0.2, 0.25) is 0 Å². The number of anilines is 1. The Hall–Kier alpha value is -2.53. The predicted molar refractivity (Wildman–Crippen MR) is 84.0 cm³/mol. The molecule has 0 aliphatic heterocycles. The summed E-state index contributed by atoms with van der Waals surface area (Å²) in [6.07, 6.45) is 0. The van der Waals surface area contributed by atoms with Crippen molar-refractivity contribution in [3.8, 4) is 5.75 Å². The SMILES string of the molecule is Nc1cccc(C(=O)O)c1OCc1csc2ccccc12. The van der Waals surface area contributed by atoms with Crippen molar-refractivity contribution in [2.45, 2.75) is 6.61 Å². The Morgan fingerprint density at radius 3 is 2.81 bits per heavy atom. The molecule has 0 atom stereocenters. The van der Waals surface area contributed by atoms with Crippen molar-refractivity contribution in [1.82, 2.24) is 0 Å². The zero-order valence-corrected chi connectivity index (χ0v) is 11.9. The first-order valence-electron chi connectivity index (χ1n) is 6.36. The van der Waals surface area contributed by atoms with Crippen LogP contribution in [0.2, 0.25) is 0 Å². The largest absolute Gasteiger partial charge is 0.486 e. The number of para-hydroxylation sites is 1. The predicted octanol–water partition coefficient (Wildman–Crippen LogP) is 3.76. The number of benzene rings is 2. The highest BCUT2D eigenvalue weighted by molar-refractivity contribution is 7.17. The number of aromatic carboxylic acids is 1. The van der Waals surface area contributed by atoms with Crippen LogP contribution in [-0.2, 0) is 6.61 Å². The van der Waals surface area contributed by atoms with Crippen molar-refractivity contribution in [3.05, 3.63) is 59.0 Å².